The summed E-state index contributed by atoms with van der Waals surface area (Å²) < 4.78 is 0.917. The van der Waals surface area contributed by atoms with Crippen molar-refractivity contribution in [2.24, 2.45) is 0 Å². The average molecular weight is 303 g/mol. The number of carboxylic acid groups (broad SMARTS) is 1. The fraction of sp³-hybridized carbons (Fsp3) is 0. The molecule has 0 spiro atoms. The van der Waals surface area contributed by atoms with E-state index in [0.29, 0.717) is 5.69 Å². The van der Waals surface area contributed by atoms with Crippen LogP contribution < -0.4 is 0 Å². The molecule has 0 atom stereocenters. The van der Waals surface area contributed by atoms with Crippen LogP contribution in [0.15, 0.2) is 41.1 Å². The fourth-order valence-electron chi connectivity index (χ4n) is 1.28. The molecule has 1 N–H and O–H groups in total. The zero-order valence-corrected chi connectivity index (χ0v) is 9.68. The number of carboxylic acids is 1. The van der Waals surface area contributed by atoms with Gasteiger partial charge in [-0.05, 0) is 18.2 Å². The molecule has 2 aromatic rings. The van der Waals surface area contributed by atoms with E-state index in [1.165, 1.54) is 12.4 Å². The number of rotatable bonds is 2. The summed E-state index contributed by atoms with van der Waals surface area (Å²) in [6.45, 7) is 0. The fourth-order valence-corrected chi connectivity index (χ4v) is 1.68. The van der Waals surface area contributed by atoms with Gasteiger partial charge in [0.05, 0.1) is 5.69 Å². The number of aromatic nitrogens is 2. The van der Waals surface area contributed by atoms with E-state index >= 15 is 0 Å². The van der Waals surface area contributed by atoms with Crippen LogP contribution in [0.5, 0.6) is 0 Å². The number of aromatic carboxylic acids is 1. The molecule has 0 saturated carbocycles. The third-order valence-corrected chi connectivity index (χ3v) is 2.50. The van der Waals surface area contributed by atoms with Gasteiger partial charge in [-0.2, -0.15) is 0 Å². The van der Waals surface area contributed by atoms with E-state index in [1.807, 2.05) is 24.3 Å². The summed E-state index contributed by atoms with van der Waals surface area (Å²) in [6, 6.07) is 8.93. The molecule has 82 valence electrons. The molecule has 4 nitrogen and oxygen atoms in total. The van der Waals surface area contributed by atoms with Gasteiger partial charge in [-0.3, -0.25) is 0 Å². The van der Waals surface area contributed by atoms with E-state index in [0.717, 1.165) is 10.0 Å². The van der Waals surface area contributed by atoms with Crippen molar-refractivity contribution >= 4 is 51.5 Å². The number of nitrogens with zero attached hydrogens (tertiary/aromatic N) is 2. The number of benzene rings is 1. The maximum atomic E-state index is 10.8. The summed E-state index contributed by atoms with van der Waals surface area (Å²) in [5.41, 5.74) is 1.43. The Morgan fingerprint density at radius 1 is 1.24 bits per heavy atom. The number of carbonyl (C=O) groups is 1. The van der Waals surface area contributed by atoms with Crippen molar-refractivity contribution in [3.8, 4) is 11.3 Å². The van der Waals surface area contributed by atoms with Crippen LogP contribution in [0.25, 0.3) is 11.3 Å². The molecule has 0 bridgehead atoms. The monoisotopic (exact) mass is 302 g/mol. The van der Waals surface area contributed by atoms with Crippen molar-refractivity contribution in [3.05, 3.63) is 46.8 Å². The first-order chi connectivity index (χ1) is 7.66. The Labute approximate surface area is 129 Å². The van der Waals surface area contributed by atoms with Crippen molar-refractivity contribution < 1.29 is 9.90 Å². The Morgan fingerprint density at radius 3 is 2.65 bits per heavy atom. The van der Waals surface area contributed by atoms with Crippen LogP contribution in [0, 0.1) is 0 Å². The first kappa shape index (κ1) is 14.3. The van der Waals surface area contributed by atoms with Gasteiger partial charge in [-0.15, -0.1) is 0 Å². The predicted octanol–water partition coefficient (Wildman–Crippen LogP) is 1.96. The van der Waals surface area contributed by atoms with Crippen LogP contribution in [0.1, 0.15) is 10.5 Å². The first-order valence-electron chi connectivity index (χ1n) is 4.48. The number of hydrogen-bond donors (Lipinski definition) is 1. The second-order valence-electron chi connectivity index (χ2n) is 3.10. The zero-order valence-electron chi connectivity index (χ0n) is 8.09. The maximum absolute atomic E-state index is 10.8. The number of halogens is 1. The molecule has 2 rings (SSSR count). The van der Waals surface area contributed by atoms with Crippen molar-refractivity contribution in [3.63, 3.8) is 0 Å². The molecular weight excluding hydrogens is 295 g/mol. The van der Waals surface area contributed by atoms with Gasteiger partial charge in [0.2, 0.25) is 0 Å². The second-order valence-corrected chi connectivity index (χ2v) is 4.02. The van der Waals surface area contributed by atoms with Crippen LogP contribution in [0.4, 0.5) is 0 Å². The first-order valence-corrected chi connectivity index (χ1v) is 5.27. The molecule has 1 heterocycles. The average Bonchev–Trinajstić information content (AvgIpc) is 2.29. The van der Waals surface area contributed by atoms with Gasteiger partial charge in [-0.1, -0.05) is 28.1 Å². The Balaban J connectivity index is 0.00000144. The third kappa shape index (κ3) is 3.61. The van der Waals surface area contributed by atoms with E-state index in [-0.39, 0.29) is 35.3 Å². The minimum absolute atomic E-state index is 0. The molecule has 0 aliphatic heterocycles. The molecule has 0 saturated heterocycles. The van der Waals surface area contributed by atoms with Crippen LogP contribution in [0.3, 0.4) is 0 Å². The molecule has 17 heavy (non-hydrogen) atoms. The van der Waals surface area contributed by atoms with Gasteiger partial charge < -0.3 is 5.11 Å². The molecule has 0 aliphatic carbocycles. The van der Waals surface area contributed by atoms with Gasteiger partial charge in [0.15, 0.2) is 5.69 Å². The van der Waals surface area contributed by atoms with Crippen molar-refractivity contribution in [1.29, 1.82) is 0 Å². The molecule has 0 fully saturated rings. The van der Waals surface area contributed by atoms with Gasteiger partial charge in [-0.25, -0.2) is 14.8 Å². The Hall–Kier alpha value is -0.750. The van der Waals surface area contributed by atoms with Crippen molar-refractivity contribution in [1.82, 2.24) is 9.97 Å². The summed E-state index contributed by atoms with van der Waals surface area (Å²) in [5, 5.41) is 8.81. The van der Waals surface area contributed by atoms with Gasteiger partial charge >= 0.3 is 35.5 Å². The Kier molecular flexibility index (Phi) is 5.27. The molecular formula is C11H8BrN2NaO2. The summed E-state index contributed by atoms with van der Waals surface area (Å²) >= 11 is 3.35. The van der Waals surface area contributed by atoms with Gasteiger partial charge in [0.25, 0.3) is 0 Å². The molecule has 1 aromatic carbocycles. The Morgan fingerprint density at radius 2 is 2.00 bits per heavy atom. The van der Waals surface area contributed by atoms with Crippen LogP contribution in [0.2, 0.25) is 0 Å². The van der Waals surface area contributed by atoms with Gasteiger partial charge in [0, 0.05) is 10.0 Å². The quantitative estimate of drug-likeness (QED) is 0.861. The van der Waals surface area contributed by atoms with Crippen LogP contribution in [-0.2, 0) is 0 Å². The van der Waals surface area contributed by atoms with E-state index in [9.17, 15) is 4.79 Å². The van der Waals surface area contributed by atoms with Crippen molar-refractivity contribution in [2.45, 2.75) is 0 Å². The van der Waals surface area contributed by atoms with Crippen LogP contribution >= 0.6 is 15.9 Å². The molecule has 0 amide bonds. The Bertz CT molecular complexity index is 548. The summed E-state index contributed by atoms with van der Waals surface area (Å²) in [5.74, 6) is -1.06. The molecule has 0 radical (unpaired) electrons. The molecule has 6 heteroatoms. The number of hydrogen-bond acceptors (Lipinski definition) is 3. The second kappa shape index (κ2) is 6.26. The van der Waals surface area contributed by atoms with Gasteiger partial charge in [0.1, 0.15) is 6.33 Å². The summed E-state index contributed by atoms with van der Waals surface area (Å²) in [7, 11) is 0. The van der Waals surface area contributed by atoms with E-state index < -0.39 is 5.97 Å². The van der Waals surface area contributed by atoms with E-state index in [1.54, 1.807) is 0 Å². The normalized spacial score (nSPS) is 9.47. The van der Waals surface area contributed by atoms with E-state index in [2.05, 4.69) is 25.9 Å². The zero-order chi connectivity index (χ0) is 11.5. The summed E-state index contributed by atoms with van der Waals surface area (Å²) in [6.07, 6.45) is 1.25. The molecule has 0 aliphatic rings. The topological polar surface area (TPSA) is 63.1 Å². The van der Waals surface area contributed by atoms with Crippen LogP contribution in [-0.4, -0.2) is 50.6 Å². The van der Waals surface area contributed by atoms with E-state index in [4.69, 9.17) is 5.11 Å². The van der Waals surface area contributed by atoms with Crippen molar-refractivity contribution in [2.75, 3.05) is 0 Å². The molecule has 0 unspecified atom stereocenters. The third-order valence-electron chi connectivity index (χ3n) is 2.01. The minimum atomic E-state index is -1.06. The standard InChI is InChI=1S/C11H7BrN2O2.Na.H/c12-8-3-1-2-7(4-8)9-5-10(11(15)16)14-6-13-9;;/h1-6H,(H,15,16);;. The predicted molar refractivity (Wildman–Crippen MR) is 69.3 cm³/mol. The SMILES string of the molecule is O=C(O)c1cc(-c2cccc(Br)c2)ncn1.[NaH]. The summed E-state index contributed by atoms with van der Waals surface area (Å²) in [4.78, 5) is 18.5. The molecule has 1 aromatic heterocycles.